The number of nitrogens with zero attached hydrogens (tertiary/aromatic N) is 3. The number of pyridine rings is 1. The first kappa shape index (κ1) is 18.7. The molecule has 156 valence electrons. The lowest BCUT2D eigenvalue weighted by atomic mass is 10.1. The zero-order valence-corrected chi connectivity index (χ0v) is 15.8. The zero-order valence-electron chi connectivity index (χ0n) is 15.8. The number of fused-ring (bicyclic) bond motifs is 6. The molecular weight excluding hydrogens is 398 g/mol. The third kappa shape index (κ3) is 2.71. The van der Waals surface area contributed by atoms with Crippen LogP contribution in [0.25, 0.3) is 0 Å². The van der Waals surface area contributed by atoms with E-state index in [0.717, 1.165) is 25.6 Å². The van der Waals surface area contributed by atoms with Crippen LogP contribution in [-0.4, -0.2) is 56.6 Å². The van der Waals surface area contributed by atoms with Gasteiger partial charge >= 0.3 is 0 Å². The topological polar surface area (TPSA) is 94.9 Å². The van der Waals surface area contributed by atoms with E-state index in [1.807, 2.05) is 0 Å². The SMILES string of the molecule is O=C(NCc1ccc(F)cc1F)c1cn2c(c(O)c1=O)C(=O)N1C(C2)N2CC[C@@H]1C2. The van der Waals surface area contributed by atoms with Crippen molar-refractivity contribution >= 4 is 11.8 Å². The maximum absolute atomic E-state index is 13.8. The highest BCUT2D eigenvalue weighted by Gasteiger charge is 2.50. The van der Waals surface area contributed by atoms with Gasteiger partial charge in [-0.1, -0.05) is 6.07 Å². The smallest absolute Gasteiger partial charge is 0.276 e. The van der Waals surface area contributed by atoms with E-state index in [9.17, 15) is 28.3 Å². The summed E-state index contributed by atoms with van der Waals surface area (Å²) in [6.07, 6.45) is 1.94. The van der Waals surface area contributed by atoms with Crippen LogP contribution in [0.1, 0.15) is 32.8 Å². The molecule has 10 heteroatoms. The minimum absolute atomic E-state index is 0.0487. The molecule has 2 N–H and O–H groups in total. The van der Waals surface area contributed by atoms with Crippen LogP contribution < -0.4 is 10.7 Å². The Balaban J connectivity index is 1.44. The minimum atomic E-state index is -0.963. The standard InChI is InChI=1S/C20H18F2N4O4/c21-11-2-1-10(14(22)5-11)6-23-19(29)13-8-25-9-15-24-4-3-12(7-24)26(15)20(30)16(25)18(28)17(13)27/h1-2,5,8,12,15,28H,3-4,6-7,9H2,(H,23,29)/t12-,15?/m1/s1. The maximum Gasteiger partial charge on any atom is 0.276 e. The molecule has 2 fully saturated rings. The molecule has 1 aromatic carbocycles. The van der Waals surface area contributed by atoms with Gasteiger partial charge in [-0.25, -0.2) is 8.78 Å². The Morgan fingerprint density at radius 2 is 2.03 bits per heavy atom. The van der Waals surface area contributed by atoms with Gasteiger partial charge < -0.3 is 19.9 Å². The van der Waals surface area contributed by atoms with Gasteiger partial charge in [-0.15, -0.1) is 0 Å². The third-order valence-corrected chi connectivity index (χ3v) is 6.08. The van der Waals surface area contributed by atoms with E-state index < -0.39 is 34.6 Å². The first-order valence-electron chi connectivity index (χ1n) is 9.60. The van der Waals surface area contributed by atoms with E-state index in [-0.39, 0.29) is 35.6 Å². The van der Waals surface area contributed by atoms with Crippen LogP contribution in [0, 0.1) is 11.6 Å². The van der Waals surface area contributed by atoms with Crippen molar-refractivity contribution < 1.29 is 23.5 Å². The van der Waals surface area contributed by atoms with Crippen molar-refractivity contribution in [3.8, 4) is 5.75 Å². The average Bonchev–Trinajstić information content (AvgIpc) is 3.32. The summed E-state index contributed by atoms with van der Waals surface area (Å²) < 4.78 is 28.2. The van der Waals surface area contributed by atoms with Crippen LogP contribution >= 0.6 is 0 Å². The molecule has 3 atom stereocenters. The molecule has 2 aromatic rings. The fourth-order valence-electron chi connectivity index (χ4n) is 4.60. The van der Waals surface area contributed by atoms with Gasteiger partial charge in [0.15, 0.2) is 11.4 Å². The lowest BCUT2D eigenvalue weighted by Gasteiger charge is -2.40. The predicted molar refractivity (Wildman–Crippen MR) is 99.8 cm³/mol. The van der Waals surface area contributed by atoms with Gasteiger partial charge in [0.2, 0.25) is 5.43 Å². The van der Waals surface area contributed by atoms with Crippen molar-refractivity contribution in [2.45, 2.75) is 31.7 Å². The summed E-state index contributed by atoms with van der Waals surface area (Å²) in [6, 6.07) is 3.02. The van der Waals surface area contributed by atoms with Crippen molar-refractivity contribution in [1.82, 2.24) is 19.7 Å². The van der Waals surface area contributed by atoms with Crippen molar-refractivity contribution in [2.24, 2.45) is 0 Å². The number of hydrogen-bond acceptors (Lipinski definition) is 5. The Kier molecular flexibility index (Phi) is 4.14. The molecule has 2 bridgehead atoms. The van der Waals surface area contributed by atoms with E-state index in [1.165, 1.54) is 16.8 Å². The van der Waals surface area contributed by atoms with E-state index in [1.54, 1.807) is 4.90 Å². The summed E-state index contributed by atoms with van der Waals surface area (Å²) >= 11 is 0. The predicted octanol–water partition coefficient (Wildman–Crippen LogP) is 0.632. The fourth-order valence-corrected chi connectivity index (χ4v) is 4.60. The summed E-state index contributed by atoms with van der Waals surface area (Å²) in [4.78, 5) is 41.9. The molecule has 5 rings (SSSR count). The second kappa shape index (κ2) is 6.63. The molecule has 2 unspecified atom stereocenters. The Morgan fingerprint density at radius 3 is 2.80 bits per heavy atom. The number of halogens is 2. The maximum atomic E-state index is 13.8. The van der Waals surface area contributed by atoms with E-state index in [2.05, 4.69) is 10.2 Å². The molecule has 0 spiro atoms. The normalized spacial score (nSPS) is 24.0. The van der Waals surface area contributed by atoms with Gasteiger partial charge in [0.05, 0.1) is 6.54 Å². The average molecular weight is 416 g/mol. The Bertz CT molecular complexity index is 1150. The summed E-state index contributed by atoms with van der Waals surface area (Å²) in [7, 11) is 0. The van der Waals surface area contributed by atoms with Crippen LogP contribution in [0.2, 0.25) is 0 Å². The molecule has 1 aromatic heterocycles. The summed E-state index contributed by atoms with van der Waals surface area (Å²) in [5, 5.41) is 12.8. The van der Waals surface area contributed by atoms with E-state index >= 15 is 0 Å². The van der Waals surface area contributed by atoms with Gasteiger partial charge in [0.1, 0.15) is 23.4 Å². The molecule has 30 heavy (non-hydrogen) atoms. The number of aromatic hydroxyl groups is 1. The number of carbonyl (C=O) groups excluding carboxylic acids is 2. The minimum Gasteiger partial charge on any atom is -0.503 e. The van der Waals surface area contributed by atoms with Gasteiger partial charge in [-0.05, 0) is 12.5 Å². The number of benzene rings is 1. The molecule has 2 saturated heterocycles. The lowest BCUT2D eigenvalue weighted by molar-refractivity contribution is 0.0319. The van der Waals surface area contributed by atoms with Crippen LogP contribution in [0.4, 0.5) is 8.78 Å². The zero-order chi connectivity index (χ0) is 21.2. The summed E-state index contributed by atoms with van der Waals surface area (Å²) in [5.74, 6) is -3.57. The van der Waals surface area contributed by atoms with Crippen LogP contribution in [-0.2, 0) is 13.1 Å². The summed E-state index contributed by atoms with van der Waals surface area (Å²) in [5.41, 5.74) is -1.38. The number of carbonyl (C=O) groups is 2. The quantitative estimate of drug-likeness (QED) is 0.766. The second-order valence-corrected chi connectivity index (χ2v) is 7.77. The van der Waals surface area contributed by atoms with Gasteiger partial charge in [-0.3, -0.25) is 19.3 Å². The van der Waals surface area contributed by atoms with Gasteiger partial charge in [0.25, 0.3) is 11.8 Å². The largest absolute Gasteiger partial charge is 0.503 e. The molecular formula is C20H18F2N4O4. The number of nitrogens with one attached hydrogen (secondary N) is 1. The summed E-state index contributed by atoms with van der Waals surface area (Å²) in [6.45, 7) is 1.69. The molecule has 0 radical (unpaired) electrons. The van der Waals surface area contributed by atoms with Gasteiger partial charge in [-0.2, -0.15) is 0 Å². The number of amides is 2. The highest BCUT2D eigenvalue weighted by Crippen LogP contribution is 2.36. The first-order valence-corrected chi connectivity index (χ1v) is 9.60. The van der Waals surface area contributed by atoms with Crippen molar-refractivity contribution in [3.05, 3.63) is 63.1 Å². The Morgan fingerprint density at radius 1 is 1.23 bits per heavy atom. The van der Waals surface area contributed by atoms with Gasteiger partial charge in [0, 0.05) is 43.5 Å². The molecule has 0 saturated carbocycles. The van der Waals surface area contributed by atoms with Crippen molar-refractivity contribution in [3.63, 3.8) is 0 Å². The highest BCUT2D eigenvalue weighted by atomic mass is 19.1. The molecule has 3 aliphatic heterocycles. The Labute approximate surface area is 169 Å². The van der Waals surface area contributed by atoms with Crippen LogP contribution in [0.15, 0.2) is 29.2 Å². The van der Waals surface area contributed by atoms with E-state index in [0.29, 0.717) is 12.6 Å². The second-order valence-electron chi connectivity index (χ2n) is 7.77. The fraction of sp³-hybridized carbons (Fsp3) is 0.350. The van der Waals surface area contributed by atoms with Crippen molar-refractivity contribution in [1.29, 1.82) is 0 Å². The number of rotatable bonds is 3. The number of hydrogen-bond donors (Lipinski definition) is 2. The molecule has 0 aliphatic carbocycles. The molecule has 3 aliphatic rings. The van der Waals surface area contributed by atoms with Crippen LogP contribution in [0.5, 0.6) is 5.75 Å². The lowest BCUT2D eigenvalue weighted by Crippen LogP contribution is -2.55. The molecule has 2 amide bonds. The van der Waals surface area contributed by atoms with Crippen LogP contribution in [0.3, 0.4) is 0 Å². The van der Waals surface area contributed by atoms with E-state index in [4.69, 9.17) is 0 Å². The Hall–Kier alpha value is -3.27. The monoisotopic (exact) mass is 416 g/mol. The number of aromatic nitrogens is 1. The highest BCUT2D eigenvalue weighted by molar-refractivity contribution is 5.99. The molecule has 8 nitrogen and oxygen atoms in total. The van der Waals surface area contributed by atoms with Crippen molar-refractivity contribution in [2.75, 3.05) is 13.1 Å². The first-order chi connectivity index (χ1) is 14.3. The molecule has 4 heterocycles. The third-order valence-electron chi connectivity index (χ3n) is 6.08.